The van der Waals surface area contributed by atoms with Gasteiger partial charge in [0.25, 0.3) is 5.91 Å². The summed E-state index contributed by atoms with van der Waals surface area (Å²) in [6.07, 6.45) is 0.718. The van der Waals surface area contributed by atoms with Gasteiger partial charge in [-0.05, 0) is 49.2 Å². The molecule has 0 radical (unpaired) electrons. The number of nitrogens with one attached hydrogen (secondary N) is 2. The first-order valence-electron chi connectivity index (χ1n) is 8.04. The van der Waals surface area contributed by atoms with E-state index < -0.39 is 10.0 Å². The molecule has 1 amide bonds. The number of rotatable bonds is 7. The molecule has 2 N–H and O–H groups in total. The number of sulfonamides is 1. The summed E-state index contributed by atoms with van der Waals surface area (Å²) in [6.45, 7) is 4.00. The fourth-order valence-corrected chi connectivity index (χ4v) is 3.41. The molecule has 0 saturated carbocycles. The summed E-state index contributed by atoms with van der Waals surface area (Å²) >= 11 is 5.86. The van der Waals surface area contributed by atoms with Crippen molar-refractivity contribution < 1.29 is 13.2 Å². The van der Waals surface area contributed by atoms with Gasteiger partial charge in [-0.25, -0.2) is 18.6 Å². The minimum absolute atomic E-state index is 0.186. The van der Waals surface area contributed by atoms with E-state index >= 15 is 0 Å². The van der Waals surface area contributed by atoms with Crippen molar-refractivity contribution in [3.8, 4) is 0 Å². The van der Waals surface area contributed by atoms with E-state index in [9.17, 15) is 13.2 Å². The van der Waals surface area contributed by atoms with E-state index in [2.05, 4.69) is 15.2 Å². The third-order valence-corrected chi connectivity index (χ3v) is 5.25. The lowest BCUT2D eigenvalue weighted by Crippen LogP contribution is -2.24. The molecule has 0 atom stereocenters. The summed E-state index contributed by atoms with van der Waals surface area (Å²) in [7, 11) is -3.50. The van der Waals surface area contributed by atoms with Gasteiger partial charge in [0.15, 0.2) is 0 Å². The van der Waals surface area contributed by atoms with Crippen molar-refractivity contribution >= 4 is 33.2 Å². The van der Waals surface area contributed by atoms with Crippen molar-refractivity contribution in [2.45, 2.75) is 25.2 Å². The van der Waals surface area contributed by atoms with Gasteiger partial charge in [-0.1, -0.05) is 36.7 Å². The smallest absolute Gasteiger partial charge is 0.267 e. The Labute approximate surface area is 158 Å². The number of halogens is 1. The molecular weight excluding hydrogens is 374 g/mol. The largest absolute Gasteiger partial charge is 0.271 e. The van der Waals surface area contributed by atoms with Gasteiger partial charge in [0.1, 0.15) is 0 Å². The van der Waals surface area contributed by atoms with E-state index in [4.69, 9.17) is 11.6 Å². The minimum Gasteiger partial charge on any atom is -0.267 e. The second-order valence-electron chi connectivity index (χ2n) is 5.57. The fourth-order valence-electron chi connectivity index (χ4n) is 2.09. The maximum atomic E-state index is 12.1. The van der Waals surface area contributed by atoms with Gasteiger partial charge in [-0.3, -0.25) is 4.79 Å². The second-order valence-corrected chi connectivity index (χ2v) is 7.77. The maximum absolute atomic E-state index is 12.1. The molecule has 2 aromatic carbocycles. The molecule has 2 aromatic rings. The van der Waals surface area contributed by atoms with Gasteiger partial charge >= 0.3 is 0 Å². The van der Waals surface area contributed by atoms with Crippen LogP contribution in [0.3, 0.4) is 0 Å². The Hall–Kier alpha value is -2.22. The number of carbonyl (C=O) groups excluding carboxylic acids is 1. The molecule has 0 bridgehead atoms. The molecule has 138 valence electrons. The Kier molecular flexibility index (Phi) is 6.90. The van der Waals surface area contributed by atoms with Crippen LogP contribution < -0.4 is 10.1 Å². The van der Waals surface area contributed by atoms with Crippen LogP contribution in [0.1, 0.15) is 36.2 Å². The summed E-state index contributed by atoms with van der Waals surface area (Å²) in [6, 6.07) is 12.8. The Bertz CT molecular complexity index is 910. The number of hydrogen-bond donors (Lipinski definition) is 2. The normalized spacial score (nSPS) is 12.0. The number of hydrazone groups is 1. The topological polar surface area (TPSA) is 87.6 Å². The lowest BCUT2D eigenvalue weighted by atomic mass is 10.1. The van der Waals surface area contributed by atoms with Crippen LogP contribution in [0.25, 0.3) is 0 Å². The quantitative estimate of drug-likeness (QED) is 0.559. The third-order valence-electron chi connectivity index (χ3n) is 3.54. The number of hydrogen-bond acceptors (Lipinski definition) is 4. The zero-order chi connectivity index (χ0) is 19.2. The summed E-state index contributed by atoms with van der Waals surface area (Å²) in [5, 5.41) is 4.52. The van der Waals surface area contributed by atoms with Crippen LogP contribution in [0.15, 0.2) is 58.5 Å². The molecular formula is C18H20ClN3O3S. The van der Waals surface area contributed by atoms with E-state index in [0.29, 0.717) is 28.4 Å². The lowest BCUT2D eigenvalue weighted by Gasteiger charge is -2.07. The summed E-state index contributed by atoms with van der Waals surface area (Å²) in [5.74, 6) is -0.380. The number of benzene rings is 2. The van der Waals surface area contributed by atoms with Gasteiger partial charge < -0.3 is 0 Å². The van der Waals surface area contributed by atoms with Crippen molar-refractivity contribution in [3.63, 3.8) is 0 Å². The summed E-state index contributed by atoms with van der Waals surface area (Å²) in [4.78, 5) is 12.2. The average Bonchev–Trinajstić information content (AvgIpc) is 2.64. The molecule has 0 aromatic heterocycles. The van der Waals surface area contributed by atoms with Gasteiger partial charge in [0, 0.05) is 17.1 Å². The predicted molar refractivity (Wildman–Crippen MR) is 103 cm³/mol. The summed E-state index contributed by atoms with van der Waals surface area (Å²) < 4.78 is 26.6. The Morgan fingerprint density at radius 1 is 1.12 bits per heavy atom. The first-order valence-corrected chi connectivity index (χ1v) is 9.90. The number of amides is 1. The van der Waals surface area contributed by atoms with Gasteiger partial charge in [0.05, 0.1) is 10.6 Å². The average molecular weight is 394 g/mol. The highest BCUT2D eigenvalue weighted by Gasteiger charge is 2.13. The van der Waals surface area contributed by atoms with E-state index in [-0.39, 0.29) is 10.8 Å². The van der Waals surface area contributed by atoms with Gasteiger partial charge in [-0.15, -0.1) is 0 Å². The highest BCUT2D eigenvalue weighted by Crippen LogP contribution is 2.12. The van der Waals surface area contributed by atoms with E-state index in [1.54, 1.807) is 43.3 Å². The number of carbonyl (C=O) groups is 1. The molecule has 0 fully saturated rings. The highest BCUT2D eigenvalue weighted by atomic mass is 35.5. The zero-order valence-corrected chi connectivity index (χ0v) is 16.1. The zero-order valence-electron chi connectivity index (χ0n) is 14.5. The molecule has 0 aliphatic rings. The van der Waals surface area contributed by atoms with Crippen LogP contribution in [0.4, 0.5) is 0 Å². The Morgan fingerprint density at radius 2 is 1.81 bits per heavy atom. The van der Waals surface area contributed by atoms with E-state index in [1.807, 2.05) is 6.92 Å². The Balaban J connectivity index is 2.08. The first-order chi connectivity index (χ1) is 12.3. The maximum Gasteiger partial charge on any atom is 0.271 e. The van der Waals surface area contributed by atoms with E-state index in [1.165, 1.54) is 12.1 Å². The Morgan fingerprint density at radius 3 is 2.42 bits per heavy atom. The van der Waals surface area contributed by atoms with Crippen molar-refractivity contribution in [3.05, 3.63) is 64.7 Å². The highest BCUT2D eigenvalue weighted by molar-refractivity contribution is 7.89. The molecule has 0 aliphatic carbocycles. The van der Waals surface area contributed by atoms with Crippen LogP contribution in [-0.4, -0.2) is 26.6 Å². The second kappa shape index (κ2) is 8.93. The van der Waals surface area contributed by atoms with Gasteiger partial charge in [-0.2, -0.15) is 5.10 Å². The molecule has 26 heavy (non-hydrogen) atoms. The van der Waals surface area contributed by atoms with Crippen molar-refractivity contribution in [2.24, 2.45) is 5.10 Å². The molecule has 0 unspecified atom stereocenters. The van der Waals surface area contributed by atoms with Crippen LogP contribution in [-0.2, 0) is 10.0 Å². The predicted octanol–water partition coefficient (Wildman–Crippen LogP) is 3.18. The standard InChI is InChI=1S/C18H20ClN3O3S/c1-3-11-20-26(24,25)17-9-7-14(8-10-17)13(2)21-22-18(23)15-5-4-6-16(19)12-15/h4-10,12,20H,3,11H2,1-2H3,(H,22,23)/b21-13-. The summed E-state index contributed by atoms with van der Waals surface area (Å²) in [5.41, 5.74) is 4.10. The van der Waals surface area contributed by atoms with Crippen LogP contribution in [0, 0.1) is 0 Å². The molecule has 0 saturated heterocycles. The van der Waals surface area contributed by atoms with Crippen molar-refractivity contribution in [1.29, 1.82) is 0 Å². The molecule has 0 aliphatic heterocycles. The molecule has 8 heteroatoms. The van der Waals surface area contributed by atoms with Crippen LogP contribution in [0.2, 0.25) is 5.02 Å². The SMILES string of the molecule is CCCNS(=O)(=O)c1ccc(/C(C)=N\NC(=O)c2cccc(Cl)c2)cc1. The third kappa shape index (κ3) is 5.39. The molecule has 0 heterocycles. The van der Waals surface area contributed by atoms with Crippen LogP contribution in [0.5, 0.6) is 0 Å². The minimum atomic E-state index is -3.50. The monoisotopic (exact) mass is 393 g/mol. The van der Waals surface area contributed by atoms with Gasteiger partial charge in [0.2, 0.25) is 10.0 Å². The van der Waals surface area contributed by atoms with E-state index in [0.717, 1.165) is 6.42 Å². The number of nitrogens with zero attached hydrogens (tertiary/aromatic N) is 1. The van der Waals surface area contributed by atoms with Crippen LogP contribution >= 0.6 is 11.6 Å². The molecule has 2 rings (SSSR count). The van der Waals surface area contributed by atoms with Crippen molar-refractivity contribution in [2.75, 3.05) is 6.54 Å². The lowest BCUT2D eigenvalue weighted by molar-refractivity contribution is 0.0955. The first kappa shape index (κ1) is 20.1. The van der Waals surface area contributed by atoms with Crippen molar-refractivity contribution in [1.82, 2.24) is 10.1 Å². The fraction of sp³-hybridized carbons (Fsp3) is 0.222. The molecule has 6 nitrogen and oxygen atoms in total. The molecule has 0 spiro atoms.